The highest BCUT2D eigenvalue weighted by Crippen LogP contribution is 2.36. The second-order valence-electron chi connectivity index (χ2n) is 7.42. The monoisotopic (exact) mass is 397 g/mol. The second-order valence-corrected chi connectivity index (χ2v) is 7.42. The predicted molar refractivity (Wildman–Crippen MR) is 110 cm³/mol. The van der Waals surface area contributed by atoms with Gasteiger partial charge in [0.1, 0.15) is 18.0 Å². The van der Waals surface area contributed by atoms with Gasteiger partial charge in [0.2, 0.25) is 11.8 Å². The van der Waals surface area contributed by atoms with Crippen molar-refractivity contribution >= 4 is 11.7 Å². The van der Waals surface area contributed by atoms with Crippen LogP contribution < -0.4 is 11.1 Å². The molecule has 5 nitrogen and oxygen atoms in total. The third-order valence-electron chi connectivity index (χ3n) is 4.88. The molecule has 1 fully saturated rings. The summed E-state index contributed by atoms with van der Waals surface area (Å²) in [5, 5.41) is 2.92. The van der Waals surface area contributed by atoms with Gasteiger partial charge in [0.25, 0.3) is 0 Å². The van der Waals surface area contributed by atoms with Gasteiger partial charge in [-0.2, -0.15) is 0 Å². The van der Waals surface area contributed by atoms with Crippen molar-refractivity contribution in [2.45, 2.75) is 64.0 Å². The van der Waals surface area contributed by atoms with Crippen LogP contribution in [0.2, 0.25) is 0 Å². The molecule has 28 heavy (non-hydrogen) atoms. The molecule has 3 N–H and O–H groups in total. The number of amides is 1. The maximum Gasteiger partial charge on any atom is 0.248 e. The van der Waals surface area contributed by atoms with Gasteiger partial charge in [-0.15, -0.1) is 13.2 Å². The van der Waals surface area contributed by atoms with Crippen LogP contribution >= 0.6 is 0 Å². The molecule has 2 unspecified atom stereocenters. The van der Waals surface area contributed by atoms with E-state index in [9.17, 15) is 13.6 Å². The molecule has 1 amide bonds. The molecule has 0 aromatic rings. The van der Waals surface area contributed by atoms with Gasteiger partial charge in [-0.1, -0.05) is 18.2 Å². The maximum absolute atomic E-state index is 13.3. The standard InChI is InChI=1S/C19H29F2N3O2.C2H4/c1-4-5-15(18(3)12-26-11-16(22)24-18)10-13(2)23-17(25)14-6-8-19(20,21)9-7-14;1-2/h4-5,10,13-14H,6-9,11-12H2,1-3H3,(H2,22,24)(H,23,25);1-2H2/b5-4-,15-10+;. The van der Waals surface area contributed by atoms with Gasteiger partial charge < -0.3 is 15.8 Å². The average molecular weight is 398 g/mol. The van der Waals surface area contributed by atoms with Crippen LogP contribution in [0.25, 0.3) is 0 Å². The Kier molecular flexibility index (Phi) is 9.01. The molecule has 0 saturated heterocycles. The number of ether oxygens (including phenoxy) is 1. The lowest BCUT2D eigenvalue weighted by Crippen LogP contribution is -2.42. The topological polar surface area (TPSA) is 76.7 Å². The molecular weight excluding hydrogens is 364 g/mol. The summed E-state index contributed by atoms with van der Waals surface area (Å²) in [5.74, 6) is -2.71. The minimum atomic E-state index is -2.63. The van der Waals surface area contributed by atoms with Crippen LogP contribution in [0.4, 0.5) is 8.78 Å². The zero-order valence-corrected chi connectivity index (χ0v) is 17.1. The Hall–Kier alpha value is -2.02. The number of hydrogen-bond acceptors (Lipinski definition) is 4. The first-order chi connectivity index (χ1) is 13.1. The highest BCUT2D eigenvalue weighted by molar-refractivity contribution is 5.83. The summed E-state index contributed by atoms with van der Waals surface area (Å²) in [4.78, 5) is 16.9. The van der Waals surface area contributed by atoms with Crippen molar-refractivity contribution in [3.63, 3.8) is 0 Å². The average Bonchev–Trinajstić information content (AvgIpc) is 2.62. The van der Waals surface area contributed by atoms with Crippen LogP contribution in [0, 0.1) is 5.92 Å². The third kappa shape index (κ3) is 6.86. The molecule has 0 aromatic carbocycles. The lowest BCUT2D eigenvalue weighted by molar-refractivity contribution is -0.129. The first-order valence-corrected chi connectivity index (χ1v) is 9.60. The summed E-state index contributed by atoms with van der Waals surface area (Å²) < 4.78 is 32.0. The number of hydrogen-bond donors (Lipinski definition) is 2. The van der Waals surface area contributed by atoms with Gasteiger partial charge in [0, 0.05) is 24.8 Å². The Balaban J connectivity index is 0.00000190. The van der Waals surface area contributed by atoms with Gasteiger partial charge in [-0.25, -0.2) is 8.78 Å². The zero-order chi connectivity index (χ0) is 21.4. The van der Waals surface area contributed by atoms with E-state index in [2.05, 4.69) is 23.5 Å². The number of amidine groups is 1. The van der Waals surface area contributed by atoms with Gasteiger partial charge >= 0.3 is 0 Å². The minimum absolute atomic E-state index is 0.169. The normalized spacial score (nSPS) is 26.8. The molecule has 0 radical (unpaired) electrons. The number of rotatable bonds is 5. The van der Waals surface area contributed by atoms with E-state index in [1.165, 1.54) is 0 Å². The number of alkyl halides is 2. The van der Waals surface area contributed by atoms with Crippen molar-refractivity contribution < 1.29 is 18.3 Å². The predicted octanol–water partition coefficient (Wildman–Crippen LogP) is 3.77. The fourth-order valence-corrected chi connectivity index (χ4v) is 3.43. The van der Waals surface area contributed by atoms with E-state index in [1.54, 1.807) is 0 Å². The van der Waals surface area contributed by atoms with E-state index in [4.69, 9.17) is 10.5 Å². The Morgan fingerprint density at radius 3 is 2.54 bits per heavy atom. The van der Waals surface area contributed by atoms with Crippen molar-refractivity contribution in [2.75, 3.05) is 13.2 Å². The molecule has 158 valence electrons. The van der Waals surface area contributed by atoms with E-state index < -0.39 is 11.5 Å². The van der Waals surface area contributed by atoms with E-state index >= 15 is 0 Å². The Labute approximate surface area is 166 Å². The highest BCUT2D eigenvalue weighted by Gasteiger charge is 2.37. The van der Waals surface area contributed by atoms with Crippen molar-refractivity contribution in [2.24, 2.45) is 16.6 Å². The largest absolute Gasteiger partial charge is 0.386 e. The third-order valence-corrected chi connectivity index (χ3v) is 4.88. The molecule has 7 heteroatoms. The summed E-state index contributed by atoms with van der Waals surface area (Å²) in [6.07, 6.45) is 5.75. The van der Waals surface area contributed by atoms with Crippen molar-refractivity contribution in [1.29, 1.82) is 0 Å². The number of nitrogens with zero attached hydrogens (tertiary/aromatic N) is 1. The molecule has 2 atom stereocenters. The van der Waals surface area contributed by atoms with E-state index in [0.29, 0.717) is 19.0 Å². The fourth-order valence-electron chi connectivity index (χ4n) is 3.43. The molecule has 1 saturated carbocycles. The summed E-state index contributed by atoms with van der Waals surface area (Å²) in [6, 6.07) is -0.258. The number of carbonyl (C=O) groups is 1. The van der Waals surface area contributed by atoms with E-state index in [0.717, 1.165) is 5.57 Å². The number of nitrogens with one attached hydrogen (secondary N) is 1. The SMILES string of the molecule is C/C=C\C(=C/C(C)NC(=O)C1CCC(F)(F)CC1)C1(C)COCC(N)=N1.C=C. The summed E-state index contributed by atoms with van der Waals surface area (Å²) in [7, 11) is 0. The summed E-state index contributed by atoms with van der Waals surface area (Å²) in [6.45, 7) is 12.4. The Morgan fingerprint density at radius 1 is 1.39 bits per heavy atom. The van der Waals surface area contributed by atoms with E-state index in [-0.39, 0.29) is 43.6 Å². The van der Waals surface area contributed by atoms with Crippen LogP contribution in [0.15, 0.2) is 42.0 Å². The van der Waals surface area contributed by atoms with Gasteiger partial charge in [-0.3, -0.25) is 9.79 Å². The quantitative estimate of drug-likeness (QED) is 0.548. The van der Waals surface area contributed by atoms with Crippen LogP contribution in [0.5, 0.6) is 0 Å². The molecule has 1 aliphatic carbocycles. The lowest BCUT2D eigenvalue weighted by Gasteiger charge is -2.32. The van der Waals surface area contributed by atoms with E-state index in [1.807, 2.05) is 39.0 Å². The van der Waals surface area contributed by atoms with Crippen molar-refractivity contribution in [3.05, 3.63) is 37.0 Å². The molecule has 1 aliphatic heterocycles. The van der Waals surface area contributed by atoms with Crippen LogP contribution in [0.1, 0.15) is 46.5 Å². The molecule has 0 spiro atoms. The Bertz CT molecular complexity index is 621. The molecule has 2 rings (SSSR count). The number of halogens is 2. The summed E-state index contributed by atoms with van der Waals surface area (Å²) >= 11 is 0. The molecule has 1 heterocycles. The lowest BCUT2D eigenvalue weighted by atomic mass is 9.86. The van der Waals surface area contributed by atoms with Gasteiger partial charge in [-0.05, 0) is 39.2 Å². The molecular formula is C21H33F2N3O2. The minimum Gasteiger partial charge on any atom is -0.386 e. The number of allylic oxidation sites excluding steroid dienone is 1. The van der Waals surface area contributed by atoms with Crippen LogP contribution in [-0.4, -0.2) is 42.5 Å². The van der Waals surface area contributed by atoms with Crippen molar-refractivity contribution in [1.82, 2.24) is 5.32 Å². The van der Waals surface area contributed by atoms with Gasteiger partial charge in [0.05, 0.1) is 6.61 Å². The van der Waals surface area contributed by atoms with Gasteiger partial charge in [0.15, 0.2) is 0 Å². The highest BCUT2D eigenvalue weighted by atomic mass is 19.3. The van der Waals surface area contributed by atoms with Crippen molar-refractivity contribution in [3.8, 4) is 0 Å². The fraction of sp³-hybridized carbons (Fsp3) is 0.619. The molecule has 2 aliphatic rings. The second kappa shape index (κ2) is 10.5. The molecule has 0 aromatic heterocycles. The summed E-state index contributed by atoms with van der Waals surface area (Å²) in [5.41, 5.74) is 6.10. The number of carbonyl (C=O) groups excluding carboxylic acids is 1. The Morgan fingerprint density at radius 2 is 2.00 bits per heavy atom. The number of nitrogens with two attached hydrogens (primary N) is 1. The first-order valence-electron chi connectivity index (χ1n) is 9.60. The maximum atomic E-state index is 13.3. The zero-order valence-electron chi connectivity index (χ0n) is 17.1. The molecule has 0 bridgehead atoms. The van der Waals surface area contributed by atoms with Crippen LogP contribution in [0.3, 0.4) is 0 Å². The first kappa shape index (κ1) is 24.0. The number of aliphatic imine (C=N–C) groups is 1. The smallest absolute Gasteiger partial charge is 0.248 e. The van der Waals surface area contributed by atoms with Crippen LogP contribution in [-0.2, 0) is 9.53 Å².